The standard InChI is InChI=1S/C25H28FN3O4/c1-16(2)33-24(31)21-15-28(12-11-19(21)17-7-9-18(26)10-8-17)13-14-29-23(30)20-5-3-4-6-22(20)27-25(29)32/h3-10,16,19,21H,11-15H2,1-2H3,(H,27,32)/t19-,21-/m0/s1. The monoisotopic (exact) mass is 453 g/mol. The van der Waals surface area contributed by atoms with E-state index in [-0.39, 0.29) is 35.9 Å². The van der Waals surface area contributed by atoms with E-state index in [0.29, 0.717) is 37.0 Å². The lowest BCUT2D eigenvalue weighted by molar-refractivity contribution is -0.155. The summed E-state index contributed by atoms with van der Waals surface area (Å²) in [7, 11) is 0. The van der Waals surface area contributed by atoms with Crippen LogP contribution in [0.5, 0.6) is 0 Å². The third-order valence-corrected chi connectivity index (χ3v) is 6.18. The third kappa shape index (κ3) is 5.06. The van der Waals surface area contributed by atoms with E-state index in [9.17, 15) is 18.8 Å². The molecule has 1 N–H and O–H groups in total. The molecule has 3 aromatic rings. The highest BCUT2D eigenvalue weighted by Crippen LogP contribution is 2.34. The fourth-order valence-corrected chi connectivity index (χ4v) is 4.53. The van der Waals surface area contributed by atoms with Gasteiger partial charge in [0.15, 0.2) is 0 Å². The molecule has 4 rings (SSSR count). The Kier molecular flexibility index (Phi) is 6.74. The number of aromatic amines is 1. The van der Waals surface area contributed by atoms with Crippen LogP contribution in [0.1, 0.15) is 31.7 Å². The number of rotatable bonds is 6. The summed E-state index contributed by atoms with van der Waals surface area (Å²) in [6.07, 6.45) is 0.448. The Morgan fingerprint density at radius 1 is 1.12 bits per heavy atom. The lowest BCUT2D eigenvalue weighted by Crippen LogP contribution is -2.46. The number of likely N-dealkylation sites (tertiary alicyclic amines) is 1. The molecule has 1 aliphatic rings. The number of para-hydroxylation sites is 1. The van der Waals surface area contributed by atoms with Gasteiger partial charge in [0.25, 0.3) is 5.56 Å². The number of hydrogen-bond donors (Lipinski definition) is 1. The van der Waals surface area contributed by atoms with Crippen molar-refractivity contribution < 1.29 is 13.9 Å². The number of H-pyrrole nitrogens is 1. The number of nitrogens with zero attached hydrogens (tertiary/aromatic N) is 2. The molecule has 0 spiro atoms. The normalized spacial score (nSPS) is 19.2. The number of hydrogen-bond acceptors (Lipinski definition) is 5. The van der Waals surface area contributed by atoms with Crippen LogP contribution < -0.4 is 11.2 Å². The van der Waals surface area contributed by atoms with Gasteiger partial charge in [0.2, 0.25) is 0 Å². The molecular weight excluding hydrogens is 425 g/mol. The van der Waals surface area contributed by atoms with E-state index in [0.717, 1.165) is 5.56 Å². The number of benzene rings is 2. The van der Waals surface area contributed by atoms with Gasteiger partial charge >= 0.3 is 11.7 Å². The Bertz CT molecular complexity index is 1250. The summed E-state index contributed by atoms with van der Waals surface area (Å²) < 4.78 is 20.1. The first-order valence-corrected chi connectivity index (χ1v) is 11.2. The Hall–Kier alpha value is -3.26. The van der Waals surface area contributed by atoms with Gasteiger partial charge in [0, 0.05) is 19.6 Å². The van der Waals surface area contributed by atoms with E-state index in [1.54, 1.807) is 36.4 Å². The second-order valence-electron chi connectivity index (χ2n) is 8.77. The second-order valence-corrected chi connectivity index (χ2v) is 8.77. The summed E-state index contributed by atoms with van der Waals surface area (Å²) in [6, 6.07) is 13.2. The van der Waals surface area contributed by atoms with E-state index in [4.69, 9.17) is 4.74 Å². The molecule has 1 aromatic heterocycles. The minimum atomic E-state index is -0.448. The lowest BCUT2D eigenvalue weighted by Gasteiger charge is -2.38. The highest BCUT2D eigenvalue weighted by molar-refractivity contribution is 5.77. The highest BCUT2D eigenvalue weighted by Gasteiger charge is 2.36. The van der Waals surface area contributed by atoms with Gasteiger partial charge in [-0.25, -0.2) is 9.18 Å². The Morgan fingerprint density at radius 3 is 2.58 bits per heavy atom. The van der Waals surface area contributed by atoms with E-state index >= 15 is 0 Å². The zero-order valence-corrected chi connectivity index (χ0v) is 18.8. The number of aromatic nitrogens is 2. The molecule has 2 aromatic carbocycles. The van der Waals surface area contributed by atoms with Crippen molar-refractivity contribution in [2.24, 2.45) is 5.92 Å². The van der Waals surface area contributed by atoms with Crippen molar-refractivity contribution in [2.45, 2.75) is 38.8 Å². The molecule has 1 aliphatic heterocycles. The first kappa shape index (κ1) is 22.9. The van der Waals surface area contributed by atoms with Crippen molar-refractivity contribution >= 4 is 16.9 Å². The second kappa shape index (κ2) is 9.70. The van der Waals surface area contributed by atoms with E-state index in [2.05, 4.69) is 9.88 Å². The molecule has 1 saturated heterocycles. The maximum absolute atomic E-state index is 13.4. The quantitative estimate of drug-likeness (QED) is 0.581. The maximum atomic E-state index is 13.4. The largest absolute Gasteiger partial charge is 0.463 e. The molecule has 2 atom stereocenters. The molecule has 33 heavy (non-hydrogen) atoms. The van der Waals surface area contributed by atoms with Crippen molar-refractivity contribution in [1.29, 1.82) is 0 Å². The summed E-state index contributed by atoms with van der Waals surface area (Å²) in [5, 5.41) is 0.463. The van der Waals surface area contributed by atoms with Crippen LogP contribution in [-0.4, -0.2) is 46.2 Å². The minimum Gasteiger partial charge on any atom is -0.463 e. The zero-order valence-electron chi connectivity index (χ0n) is 18.8. The van der Waals surface area contributed by atoms with Crippen LogP contribution in [0.15, 0.2) is 58.1 Å². The molecule has 2 heterocycles. The number of fused-ring (bicyclic) bond motifs is 1. The average Bonchev–Trinajstić information content (AvgIpc) is 2.79. The van der Waals surface area contributed by atoms with Crippen LogP contribution in [0, 0.1) is 11.7 Å². The van der Waals surface area contributed by atoms with Crippen molar-refractivity contribution in [3.63, 3.8) is 0 Å². The Labute approximate surface area is 190 Å². The van der Waals surface area contributed by atoms with Gasteiger partial charge in [-0.1, -0.05) is 24.3 Å². The predicted molar refractivity (Wildman–Crippen MR) is 124 cm³/mol. The number of piperidine rings is 1. The SMILES string of the molecule is CC(C)OC(=O)[C@H]1CN(CCn2c(=O)[nH]c3ccccc3c2=O)CC[C@H]1c1ccc(F)cc1. The van der Waals surface area contributed by atoms with Crippen LogP contribution in [0.2, 0.25) is 0 Å². The fraction of sp³-hybridized carbons (Fsp3) is 0.400. The number of nitrogens with one attached hydrogen (secondary N) is 1. The number of carbonyl (C=O) groups is 1. The van der Waals surface area contributed by atoms with Crippen molar-refractivity contribution in [3.05, 3.63) is 80.7 Å². The first-order valence-electron chi connectivity index (χ1n) is 11.2. The minimum absolute atomic E-state index is 0.0834. The summed E-state index contributed by atoms with van der Waals surface area (Å²) in [5.41, 5.74) is 0.645. The smallest absolute Gasteiger partial charge is 0.328 e. The summed E-state index contributed by atoms with van der Waals surface area (Å²) in [4.78, 5) is 43.0. The predicted octanol–water partition coefficient (Wildman–Crippen LogP) is 2.89. The van der Waals surface area contributed by atoms with Gasteiger partial charge < -0.3 is 14.6 Å². The number of carbonyl (C=O) groups excluding carboxylic acids is 1. The lowest BCUT2D eigenvalue weighted by atomic mass is 9.80. The summed E-state index contributed by atoms with van der Waals surface area (Å²) in [6.45, 7) is 5.41. The molecule has 0 amide bonds. The molecule has 0 saturated carbocycles. The third-order valence-electron chi connectivity index (χ3n) is 6.18. The molecular formula is C25H28FN3O4. The van der Waals surface area contributed by atoms with Crippen molar-refractivity contribution in [3.8, 4) is 0 Å². The van der Waals surface area contributed by atoms with Crippen LogP contribution in [0.3, 0.4) is 0 Å². The summed E-state index contributed by atoms with van der Waals surface area (Å²) >= 11 is 0. The molecule has 0 unspecified atom stereocenters. The van der Waals surface area contributed by atoms with Gasteiger partial charge in [0.05, 0.1) is 22.9 Å². The molecule has 174 valence electrons. The molecule has 0 bridgehead atoms. The molecule has 0 radical (unpaired) electrons. The first-order chi connectivity index (χ1) is 15.8. The topological polar surface area (TPSA) is 84.4 Å². The Morgan fingerprint density at radius 2 is 1.85 bits per heavy atom. The van der Waals surface area contributed by atoms with Gasteiger partial charge in [-0.05, 0) is 62.6 Å². The van der Waals surface area contributed by atoms with Gasteiger partial charge in [-0.3, -0.25) is 14.2 Å². The maximum Gasteiger partial charge on any atom is 0.328 e. The number of ether oxygens (including phenoxy) is 1. The average molecular weight is 454 g/mol. The molecule has 1 fully saturated rings. The molecule has 7 nitrogen and oxygen atoms in total. The van der Waals surface area contributed by atoms with Gasteiger partial charge in [-0.15, -0.1) is 0 Å². The van der Waals surface area contributed by atoms with Crippen LogP contribution in [0.4, 0.5) is 4.39 Å². The van der Waals surface area contributed by atoms with Crippen LogP contribution >= 0.6 is 0 Å². The van der Waals surface area contributed by atoms with Crippen LogP contribution in [0.25, 0.3) is 10.9 Å². The highest BCUT2D eigenvalue weighted by atomic mass is 19.1. The van der Waals surface area contributed by atoms with Gasteiger partial charge in [-0.2, -0.15) is 0 Å². The fourth-order valence-electron chi connectivity index (χ4n) is 4.53. The van der Waals surface area contributed by atoms with E-state index in [1.807, 2.05) is 13.8 Å². The van der Waals surface area contributed by atoms with Crippen molar-refractivity contribution in [2.75, 3.05) is 19.6 Å². The molecule has 8 heteroatoms. The summed E-state index contributed by atoms with van der Waals surface area (Å²) in [5.74, 6) is -1.11. The zero-order chi connectivity index (χ0) is 23.5. The van der Waals surface area contributed by atoms with Gasteiger partial charge in [0.1, 0.15) is 5.82 Å². The van der Waals surface area contributed by atoms with Crippen LogP contribution in [-0.2, 0) is 16.1 Å². The van der Waals surface area contributed by atoms with Crippen molar-refractivity contribution in [1.82, 2.24) is 14.5 Å². The number of halogens is 1. The van der Waals surface area contributed by atoms with E-state index < -0.39 is 11.6 Å². The molecule has 0 aliphatic carbocycles. The number of esters is 1. The van der Waals surface area contributed by atoms with E-state index in [1.165, 1.54) is 16.7 Å². The Balaban J connectivity index is 1.52.